The van der Waals surface area contributed by atoms with Crippen LogP contribution in [0, 0.1) is 0 Å². The number of fused-ring (bicyclic) bond motifs is 1. The Bertz CT molecular complexity index is 371. The number of aliphatic carboxylic acids is 1. The summed E-state index contributed by atoms with van der Waals surface area (Å²) in [6.07, 6.45) is 0.751. The van der Waals surface area contributed by atoms with Crippen molar-refractivity contribution in [3.05, 3.63) is 29.3 Å². The van der Waals surface area contributed by atoms with Crippen LogP contribution in [0.4, 0.5) is 0 Å². The van der Waals surface area contributed by atoms with Gasteiger partial charge in [0.2, 0.25) is 0 Å². The maximum absolute atomic E-state index is 10.7. The first-order chi connectivity index (χ1) is 6.70. The van der Waals surface area contributed by atoms with Gasteiger partial charge in [-0.2, -0.15) is 0 Å². The number of carbonyl (C=O) groups is 1. The Kier molecular flexibility index (Phi) is 2.15. The lowest BCUT2D eigenvalue weighted by molar-refractivity contribution is -0.144. The molecule has 0 fully saturated rings. The SMILES string of the molecule is CCc1ccc2c(c1)CC(C(=O)O)O2. The van der Waals surface area contributed by atoms with Crippen LogP contribution < -0.4 is 4.74 Å². The number of carboxylic acids is 1. The lowest BCUT2D eigenvalue weighted by Gasteiger charge is -2.03. The van der Waals surface area contributed by atoms with Crippen molar-refractivity contribution in [2.24, 2.45) is 0 Å². The zero-order valence-corrected chi connectivity index (χ0v) is 7.99. The number of carboxylic acid groups (broad SMARTS) is 1. The van der Waals surface area contributed by atoms with E-state index in [9.17, 15) is 4.79 Å². The molecule has 74 valence electrons. The summed E-state index contributed by atoms with van der Waals surface area (Å²) in [5, 5.41) is 8.79. The van der Waals surface area contributed by atoms with Crippen LogP contribution in [0.2, 0.25) is 0 Å². The summed E-state index contributed by atoms with van der Waals surface area (Å²) in [6.45, 7) is 2.08. The third-order valence-corrected chi connectivity index (χ3v) is 2.48. The van der Waals surface area contributed by atoms with Crippen molar-refractivity contribution >= 4 is 5.97 Å². The van der Waals surface area contributed by atoms with Gasteiger partial charge in [0.05, 0.1) is 0 Å². The number of rotatable bonds is 2. The first kappa shape index (κ1) is 9.06. The molecule has 0 aromatic heterocycles. The fraction of sp³-hybridized carbons (Fsp3) is 0.364. The van der Waals surface area contributed by atoms with Crippen LogP contribution in [0.15, 0.2) is 18.2 Å². The van der Waals surface area contributed by atoms with Crippen molar-refractivity contribution in [1.29, 1.82) is 0 Å². The summed E-state index contributed by atoms with van der Waals surface area (Å²) < 4.78 is 5.27. The van der Waals surface area contributed by atoms with Gasteiger partial charge in [-0.25, -0.2) is 4.79 Å². The van der Waals surface area contributed by atoms with Gasteiger partial charge >= 0.3 is 5.97 Å². The fourth-order valence-corrected chi connectivity index (χ4v) is 1.66. The van der Waals surface area contributed by atoms with E-state index in [1.807, 2.05) is 18.2 Å². The van der Waals surface area contributed by atoms with Crippen molar-refractivity contribution in [3.8, 4) is 5.75 Å². The average molecular weight is 192 g/mol. The van der Waals surface area contributed by atoms with Crippen LogP contribution in [0.5, 0.6) is 5.75 Å². The second-order valence-corrected chi connectivity index (χ2v) is 3.44. The molecule has 1 aliphatic rings. The van der Waals surface area contributed by atoms with Gasteiger partial charge in [0.25, 0.3) is 0 Å². The predicted molar refractivity (Wildman–Crippen MR) is 51.6 cm³/mol. The van der Waals surface area contributed by atoms with E-state index in [0.29, 0.717) is 6.42 Å². The van der Waals surface area contributed by atoms with Gasteiger partial charge in [0, 0.05) is 6.42 Å². The van der Waals surface area contributed by atoms with Gasteiger partial charge in [0.1, 0.15) is 5.75 Å². The summed E-state index contributed by atoms with van der Waals surface area (Å²) in [6, 6.07) is 5.86. The first-order valence-corrected chi connectivity index (χ1v) is 4.72. The van der Waals surface area contributed by atoms with Crippen LogP contribution in [0.25, 0.3) is 0 Å². The van der Waals surface area contributed by atoms with Crippen molar-refractivity contribution in [2.75, 3.05) is 0 Å². The second-order valence-electron chi connectivity index (χ2n) is 3.44. The first-order valence-electron chi connectivity index (χ1n) is 4.72. The Balaban J connectivity index is 2.27. The van der Waals surface area contributed by atoms with E-state index in [2.05, 4.69) is 6.92 Å². The molecule has 3 heteroatoms. The average Bonchev–Trinajstić information content (AvgIpc) is 2.59. The molecule has 0 aliphatic carbocycles. The fourth-order valence-electron chi connectivity index (χ4n) is 1.66. The Hall–Kier alpha value is -1.51. The van der Waals surface area contributed by atoms with E-state index in [1.54, 1.807) is 0 Å². The summed E-state index contributed by atoms with van der Waals surface area (Å²) in [5.41, 5.74) is 2.23. The molecule has 2 rings (SSSR count). The van der Waals surface area contributed by atoms with Gasteiger partial charge < -0.3 is 9.84 Å². The minimum absolute atomic E-state index is 0.485. The quantitative estimate of drug-likeness (QED) is 0.774. The molecule has 0 saturated heterocycles. The van der Waals surface area contributed by atoms with Crippen LogP contribution in [0.1, 0.15) is 18.1 Å². The molecule has 1 aromatic carbocycles. The molecule has 1 unspecified atom stereocenters. The summed E-state index contributed by atoms with van der Waals surface area (Å²) in [7, 11) is 0. The van der Waals surface area contributed by atoms with Gasteiger partial charge in [-0.1, -0.05) is 19.1 Å². The van der Waals surface area contributed by atoms with Crippen molar-refractivity contribution < 1.29 is 14.6 Å². The highest BCUT2D eigenvalue weighted by Crippen LogP contribution is 2.29. The topological polar surface area (TPSA) is 46.5 Å². The standard InChI is InChI=1S/C11H12O3/c1-2-7-3-4-9-8(5-7)6-10(14-9)11(12)13/h3-5,10H,2,6H2,1H3,(H,12,13). The molecule has 3 nitrogen and oxygen atoms in total. The minimum atomic E-state index is -0.890. The Labute approximate surface area is 82.3 Å². The molecule has 0 saturated carbocycles. The molecule has 0 bridgehead atoms. The molecule has 1 atom stereocenters. The van der Waals surface area contributed by atoms with Crippen molar-refractivity contribution in [2.45, 2.75) is 25.9 Å². The largest absolute Gasteiger partial charge is 0.478 e. The molecule has 0 radical (unpaired) electrons. The maximum Gasteiger partial charge on any atom is 0.345 e. The third kappa shape index (κ3) is 1.45. The molecule has 14 heavy (non-hydrogen) atoms. The van der Waals surface area contributed by atoms with E-state index >= 15 is 0 Å². The summed E-state index contributed by atoms with van der Waals surface area (Å²) >= 11 is 0. The molecule has 1 aromatic rings. The van der Waals surface area contributed by atoms with Crippen molar-refractivity contribution in [1.82, 2.24) is 0 Å². The molecular weight excluding hydrogens is 180 g/mol. The molecular formula is C11H12O3. The molecule has 0 spiro atoms. The highest BCUT2D eigenvalue weighted by Gasteiger charge is 2.28. The summed E-state index contributed by atoms with van der Waals surface area (Å²) in [5.74, 6) is -0.172. The zero-order chi connectivity index (χ0) is 10.1. The summed E-state index contributed by atoms with van der Waals surface area (Å²) in [4.78, 5) is 10.7. The monoisotopic (exact) mass is 192 g/mol. The molecule has 0 amide bonds. The molecule has 1 N–H and O–H groups in total. The number of hydrogen-bond acceptors (Lipinski definition) is 2. The van der Waals surface area contributed by atoms with Gasteiger partial charge in [-0.05, 0) is 23.6 Å². The van der Waals surface area contributed by atoms with E-state index in [4.69, 9.17) is 9.84 Å². The normalized spacial score (nSPS) is 18.8. The smallest absolute Gasteiger partial charge is 0.345 e. The number of benzene rings is 1. The second kappa shape index (κ2) is 3.33. The number of ether oxygens (including phenoxy) is 1. The third-order valence-electron chi connectivity index (χ3n) is 2.48. The van der Waals surface area contributed by atoms with E-state index in [-0.39, 0.29) is 0 Å². The van der Waals surface area contributed by atoms with Gasteiger partial charge in [-0.3, -0.25) is 0 Å². The van der Waals surface area contributed by atoms with Crippen LogP contribution in [-0.2, 0) is 17.6 Å². The minimum Gasteiger partial charge on any atom is -0.478 e. The van der Waals surface area contributed by atoms with E-state index in [1.165, 1.54) is 5.56 Å². The Morgan fingerprint density at radius 2 is 2.43 bits per heavy atom. The Morgan fingerprint density at radius 1 is 1.64 bits per heavy atom. The maximum atomic E-state index is 10.7. The lowest BCUT2D eigenvalue weighted by atomic mass is 10.1. The molecule has 1 heterocycles. The van der Waals surface area contributed by atoms with E-state index in [0.717, 1.165) is 17.7 Å². The molecule has 1 aliphatic heterocycles. The Morgan fingerprint density at radius 3 is 3.07 bits per heavy atom. The van der Waals surface area contributed by atoms with Crippen LogP contribution >= 0.6 is 0 Å². The van der Waals surface area contributed by atoms with Gasteiger partial charge in [-0.15, -0.1) is 0 Å². The lowest BCUT2D eigenvalue weighted by Crippen LogP contribution is -2.24. The number of hydrogen-bond donors (Lipinski definition) is 1. The van der Waals surface area contributed by atoms with Crippen LogP contribution in [0.3, 0.4) is 0 Å². The van der Waals surface area contributed by atoms with E-state index < -0.39 is 12.1 Å². The highest BCUT2D eigenvalue weighted by molar-refractivity contribution is 5.74. The highest BCUT2D eigenvalue weighted by atomic mass is 16.5. The number of aryl methyl sites for hydroxylation is 1. The predicted octanol–water partition coefficient (Wildman–Crippen LogP) is 1.64. The zero-order valence-electron chi connectivity index (χ0n) is 7.99. The van der Waals surface area contributed by atoms with Crippen LogP contribution in [-0.4, -0.2) is 17.2 Å². The van der Waals surface area contributed by atoms with Gasteiger partial charge in [0.15, 0.2) is 6.10 Å². The van der Waals surface area contributed by atoms with Crippen molar-refractivity contribution in [3.63, 3.8) is 0 Å².